The molecule has 8 heteroatoms. The Balaban J connectivity index is 1.62. The molecule has 1 fully saturated rings. The largest absolute Gasteiger partial charge is 0.359 e. The molecule has 1 atom stereocenters. The van der Waals surface area contributed by atoms with E-state index in [1.165, 1.54) is 18.3 Å². The molecule has 0 radical (unpaired) electrons. The number of hydrogen-bond donors (Lipinski definition) is 0. The zero-order valence-electron chi connectivity index (χ0n) is 18.9. The summed E-state index contributed by atoms with van der Waals surface area (Å²) in [4.78, 5) is 25.5. The topological polar surface area (TPSA) is 82.3 Å². The lowest BCUT2D eigenvalue weighted by molar-refractivity contribution is -0.154. The molecule has 2 aromatic rings. The van der Waals surface area contributed by atoms with Crippen molar-refractivity contribution in [2.75, 3.05) is 31.1 Å². The van der Waals surface area contributed by atoms with Crippen molar-refractivity contribution in [3.63, 3.8) is 0 Å². The standard InChI is InChI=1S/C24H30FN5O2/c1-4-29(16-18(3)30(5-2)22-8-7-19(14-26)15-28-22)23(31)17-32-24(10-6-11-24)21-13-20(25)9-12-27-21/h7-9,12-13,15,18H,4-6,10-11,16-17H2,1-3H3. The molecule has 0 N–H and O–H groups in total. The molecule has 32 heavy (non-hydrogen) atoms. The second-order valence-corrected chi connectivity index (χ2v) is 8.08. The SMILES string of the molecule is CCN(CC(C)N(CC)c1ccc(C#N)cn1)C(=O)COC1(c2cc(F)ccn2)CCC1. The molecule has 0 aromatic carbocycles. The molecule has 170 valence electrons. The highest BCUT2D eigenvalue weighted by Crippen LogP contribution is 2.44. The van der Waals surface area contributed by atoms with Gasteiger partial charge in [-0.05, 0) is 64.3 Å². The maximum Gasteiger partial charge on any atom is 0.248 e. The highest BCUT2D eigenvalue weighted by Gasteiger charge is 2.42. The van der Waals surface area contributed by atoms with Gasteiger partial charge in [0.1, 0.15) is 29.9 Å². The van der Waals surface area contributed by atoms with Crippen LogP contribution in [0.15, 0.2) is 36.7 Å². The summed E-state index contributed by atoms with van der Waals surface area (Å²) >= 11 is 0. The Kier molecular flexibility index (Phi) is 7.75. The van der Waals surface area contributed by atoms with Gasteiger partial charge in [-0.2, -0.15) is 5.26 Å². The van der Waals surface area contributed by atoms with Crippen LogP contribution in [0.3, 0.4) is 0 Å². The van der Waals surface area contributed by atoms with Crippen LogP contribution < -0.4 is 4.90 Å². The minimum atomic E-state index is -0.676. The van der Waals surface area contributed by atoms with Crippen molar-refractivity contribution in [1.29, 1.82) is 5.26 Å². The van der Waals surface area contributed by atoms with Gasteiger partial charge in [-0.3, -0.25) is 9.78 Å². The molecular weight excluding hydrogens is 409 g/mol. The van der Waals surface area contributed by atoms with E-state index in [9.17, 15) is 9.18 Å². The number of likely N-dealkylation sites (N-methyl/N-ethyl adjacent to an activating group) is 2. The summed E-state index contributed by atoms with van der Waals surface area (Å²) in [6, 6.07) is 8.37. The lowest BCUT2D eigenvalue weighted by atomic mass is 9.77. The maximum absolute atomic E-state index is 13.7. The normalized spacial score (nSPS) is 15.3. The van der Waals surface area contributed by atoms with Crippen LogP contribution in [0.2, 0.25) is 0 Å². The smallest absolute Gasteiger partial charge is 0.248 e. The van der Waals surface area contributed by atoms with Crippen LogP contribution in [0.25, 0.3) is 0 Å². The van der Waals surface area contributed by atoms with Gasteiger partial charge in [-0.15, -0.1) is 0 Å². The molecule has 1 amide bonds. The van der Waals surface area contributed by atoms with Crippen molar-refractivity contribution in [2.45, 2.75) is 51.7 Å². The van der Waals surface area contributed by atoms with Gasteiger partial charge in [0.15, 0.2) is 0 Å². The van der Waals surface area contributed by atoms with Crippen LogP contribution in [0, 0.1) is 17.1 Å². The third-order valence-corrected chi connectivity index (χ3v) is 6.08. The van der Waals surface area contributed by atoms with Crippen molar-refractivity contribution in [3.8, 4) is 6.07 Å². The van der Waals surface area contributed by atoms with E-state index < -0.39 is 5.60 Å². The fourth-order valence-electron chi connectivity index (χ4n) is 4.06. The summed E-state index contributed by atoms with van der Waals surface area (Å²) in [6.45, 7) is 7.73. The first-order chi connectivity index (χ1) is 15.4. The lowest BCUT2D eigenvalue weighted by Gasteiger charge is -2.41. The van der Waals surface area contributed by atoms with Crippen molar-refractivity contribution >= 4 is 11.7 Å². The number of hydrogen-bond acceptors (Lipinski definition) is 6. The van der Waals surface area contributed by atoms with E-state index in [-0.39, 0.29) is 24.4 Å². The zero-order valence-corrected chi connectivity index (χ0v) is 18.9. The average molecular weight is 440 g/mol. The second kappa shape index (κ2) is 10.5. The van der Waals surface area contributed by atoms with E-state index in [1.807, 2.05) is 26.8 Å². The van der Waals surface area contributed by atoms with Crippen molar-refractivity contribution < 1.29 is 13.9 Å². The van der Waals surface area contributed by atoms with E-state index in [4.69, 9.17) is 10.00 Å². The number of carbonyl (C=O) groups excluding carboxylic acids is 1. The summed E-state index contributed by atoms with van der Waals surface area (Å²) in [5.74, 6) is 0.312. The molecule has 1 aliphatic rings. The Morgan fingerprint density at radius 3 is 2.59 bits per heavy atom. The quantitative estimate of drug-likeness (QED) is 0.562. The van der Waals surface area contributed by atoms with E-state index in [2.05, 4.69) is 20.9 Å². The number of halogens is 1. The molecule has 0 aliphatic heterocycles. The molecule has 1 aliphatic carbocycles. The summed E-state index contributed by atoms with van der Waals surface area (Å²) in [5, 5.41) is 8.98. The first kappa shape index (κ1) is 23.6. The lowest BCUT2D eigenvalue weighted by Crippen LogP contribution is -2.47. The summed E-state index contributed by atoms with van der Waals surface area (Å²) in [5.41, 5.74) is 0.389. The van der Waals surface area contributed by atoms with E-state index >= 15 is 0 Å². The molecule has 0 saturated heterocycles. The van der Waals surface area contributed by atoms with E-state index in [0.29, 0.717) is 24.3 Å². The monoisotopic (exact) mass is 439 g/mol. The zero-order chi connectivity index (χ0) is 23.1. The van der Waals surface area contributed by atoms with Crippen molar-refractivity contribution in [2.24, 2.45) is 0 Å². The molecule has 0 spiro atoms. The predicted molar refractivity (Wildman–Crippen MR) is 119 cm³/mol. The van der Waals surface area contributed by atoms with Crippen molar-refractivity contribution in [3.05, 3.63) is 53.7 Å². The number of nitrogens with zero attached hydrogens (tertiary/aromatic N) is 5. The molecule has 1 saturated carbocycles. The Morgan fingerprint density at radius 1 is 1.28 bits per heavy atom. The van der Waals surface area contributed by atoms with Gasteiger partial charge < -0.3 is 14.5 Å². The number of anilines is 1. The third kappa shape index (κ3) is 5.22. The average Bonchev–Trinajstić information content (AvgIpc) is 2.77. The Morgan fingerprint density at radius 2 is 2.06 bits per heavy atom. The second-order valence-electron chi connectivity index (χ2n) is 8.08. The molecule has 1 unspecified atom stereocenters. The predicted octanol–water partition coefficient (Wildman–Crippen LogP) is 3.65. The first-order valence-electron chi connectivity index (χ1n) is 11.1. The third-order valence-electron chi connectivity index (χ3n) is 6.08. The number of ether oxygens (including phenoxy) is 1. The fourth-order valence-corrected chi connectivity index (χ4v) is 4.06. The number of amides is 1. The minimum Gasteiger partial charge on any atom is -0.359 e. The van der Waals surface area contributed by atoms with Gasteiger partial charge in [0.2, 0.25) is 5.91 Å². The minimum absolute atomic E-state index is 0.0203. The summed E-state index contributed by atoms with van der Waals surface area (Å²) in [6.07, 6.45) is 5.41. The van der Waals surface area contributed by atoms with Crippen LogP contribution >= 0.6 is 0 Å². The van der Waals surface area contributed by atoms with Crippen LogP contribution in [0.5, 0.6) is 0 Å². The highest BCUT2D eigenvalue weighted by atomic mass is 19.1. The summed E-state index contributed by atoms with van der Waals surface area (Å²) < 4.78 is 19.7. The number of rotatable bonds is 10. The molecule has 3 rings (SSSR count). The Bertz CT molecular complexity index is 956. The van der Waals surface area contributed by atoms with Gasteiger partial charge in [0.05, 0.1) is 11.3 Å². The number of pyridine rings is 2. The van der Waals surface area contributed by atoms with Gasteiger partial charge in [-0.25, -0.2) is 9.37 Å². The Hall–Kier alpha value is -3.05. The number of carbonyl (C=O) groups is 1. The molecular formula is C24H30FN5O2. The van der Waals surface area contributed by atoms with Gasteiger partial charge in [0.25, 0.3) is 0 Å². The first-order valence-corrected chi connectivity index (χ1v) is 11.1. The Labute approximate surface area is 188 Å². The van der Waals surface area contributed by atoms with Crippen LogP contribution in [-0.2, 0) is 15.1 Å². The van der Waals surface area contributed by atoms with Gasteiger partial charge >= 0.3 is 0 Å². The van der Waals surface area contributed by atoms with Crippen LogP contribution in [0.4, 0.5) is 10.2 Å². The maximum atomic E-state index is 13.7. The van der Waals surface area contributed by atoms with Gasteiger partial charge in [-0.1, -0.05) is 0 Å². The van der Waals surface area contributed by atoms with E-state index in [0.717, 1.165) is 31.6 Å². The van der Waals surface area contributed by atoms with Crippen molar-refractivity contribution in [1.82, 2.24) is 14.9 Å². The number of nitriles is 1. The molecule has 0 bridgehead atoms. The molecule has 2 heterocycles. The summed E-state index contributed by atoms with van der Waals surface area (Å²) in [7, 11) is 0. The fraction of sp³-hybridized carbons (Fsp3) is 0.500. The van der Waals surface area contributed by atoms with Crippen LogP contribution in [-0.4, -0.2) is 53.1 Å². The highest BCUT2D eigenvalue weighted by molar-refractivity contribution is 5.77. The van der Waals surface area contributed by atoms with E-state index in [1.54, 1.807) is 17.2 Å². The van der Waals surface area contributed by atoms with Gasteiger partial charge in [0, 0.05) is 38.1 Å². The molecule has 7 nitrogen and oxygen atoms in total. The number of aromatic nitrogens is 2. The van der Waals surface area contributed by atoms with Crippen LogP contribution in [0.1, 0.15) is 51.3 Å². The molecule has 2 aromatic heterocycles.